The number of nitrogens with one attached hydrogen (secondary N) is 1. The van der Waals surface area contributed by atoms with Crippen LogP contribution in [0.2, 0.25) is 0 Å². The average Bonchev–Trinajstić information content (AvgIpc) is 2.88. The van der Waals surface area contributed by atoms with Gasteiger partial charge in [0.15, 0.2) is 0 Å². The van der Waals surface area contributed by atoms with Crippen LogP contribution in [0, 0.1) is 6.92 Å². The van der Waals surface area contributed by atoms with E-state index in [9.17, 15) is 0 Å². The van der Waals surface area contributed by atoms with Crippen molar-refractivity contribution in [1.82, 2.24) is 15.3 Å². The van der Waals surface area contributed by atoms with Gasteiger partial charge < -0.3 is 5.32 Å². The molecule has 0 aromatic carbocycles. The molecule has 96 valence electrons. The van der Waals surface area contributed by atoms with Gasteiger partial charge in [0.25, 0.3) is 0 Å². The summed E-state index contributed by atoms with van der Waals surface area (Å²) in [4.78, 5) is 8.55. The predicted molar refractivity (Wildman–Crippen MR) is 75.8 cm³/mol. The molecule has 0 fully saturated rings. The molecule has 2 aromatic rings. The summed E-state index contributed by atoms with van der Waals surface area (Å²) in [5.74, 6) is 0. The van der Waals surface area contributed by atoms with Gasteiger partial charge in [-0.2, -0.15) is 0 Å². The van der Waals surface area contributed by atoms with E-state index < -0.39 is 0 Å². The first-order valence-electron chi connectivity index (χ1n) is 6.33. The van der Waals surface area contributed by atoms with Crippen LogP contribution in [0.1, 0.15) is 35.5 Å². The van der Waals surface area contributed by atoms with E-state index in [2.05, 4.69) is 35.2 Å². The first-order chi connectivity index (χ1) is 8.81. The molecule has 2 rings (SSSR count). The lowest BCUT2D eigenvalue weighted by molar-refractivity contribution is 0.525. The minimum atomic E-state index is 0.332. The van der Waals surface area contributed by atoms with Crippen LogP contribution in [0.25, 0.3) is 0 Å². The molecule has 3 nitrogen and oxygen atoms in total. The second-order valence-corrected chi connectivity index (χ2v) is 5.35. The highest BCUT2D eigenvalue weighted by Gasteiger charge is 2.14. The smallest absolute Gasteiger partial charge is 0.0943 e. The maximum atomic E-state index is 4.38. The van der Waals surface area contributed by atoms with E-state index in [-0.39, 0.29) is 0 Å². The van der Waals surface area contributed by atoms with E-state index in [1.165, 1.54) is 16.1 Å². The van der Waals surface area contributed by atoms with Gasteiger partial charge in [0.1, 0.15) is 0 Å². The summed E-state index contributed by atoms with van der Waals surface area (Å²) in [5, 5.41) is 6.82. The maximum absolute atomic E-state index is 4.38. The maximum Gasteiger partial charge on any atom is 0.0943 e. The summed E-state index contributed by atoms with van der Waals surface area (Å²) in [7, 11) is 0. The third-order valence-electron chi connectivity index (χ3n) is 2.94. The number of nitrogens with zero attached hydrogens (tertiary/aromatic N) is 2. The van der Waals surface area contributed by atoms with Crippen molar-refractivity contribution in [3.63, 3.8) is 0 Å². The second kappa shape index (κ2) is 6.61. The third kappa shape index (κ3) is 3.37. The van der Waals surface area contributed by atoms with Gasteiger partial charge in [-0.3, -0.25) is 4.98 Å². The van der Waals surface area contributed by atoms with Crippen LogP contribution in [0.15, 0.2) is 30.0 Å². The third-order valence-corrected chi connectivity index (χ3v) is 3.74. The Labute approximate surface area is 112 Å². The quantitative estimate of drug-likeness (QED) is 0.868. The fourth-order valence-corrected chi connectivity index (χ4v) is 2.68. The van der Waals surface area contributed by atoms with Crippen molar-refractivity contribution in [3.8, 4) is 0 Å². The lowest BCUT2D eigenvalue weighted by atomic mass is 10.0. The molecule has 1 N–H and O–H groups in total. The van der Waals surface area contributed by atoms with Gasteiger partial charge in [-0.05, 0) is 37.1 Å². The molecule has 1 atom stereocenters. The molecule has 0 saturated heterocycles. The van der Waals surface area contributed by atoms with Crippen molar-refractivity contribution < 1.29 is 0 Å². The van der Waals surface area contributed by atoms with Crippen molar-refractivity contribution in [2.24, 2.45) is 0 Å². The van der Waals surface area contributed by atoms with Gasteiger partial charge >= 0.3 is 0 Å². The zero-order valence-corrected chi connectivity index (χ0v) is 11.7. The molecule has 2 aromatic heterocycles. The van der Waals surface area contributed by atoms with Crippen LogP contribution < -0.4 is 5.32 Å². The number of thiazole rings is 1. The standard InChI is InChI=1S/C14H19N3S/c1-3-5-16-13(9-14-17-7-8-18-14)12-4-6-15-10-11(12)2/h4,6-8,10,13,16H,3,5,9H2,1-2H3. The zero-order chi connectivity index (χ0) is 12.8. The largest absolute Gasteiger partial charge is 0.310 e. The second-order valence-electron chi connectivity index (χ2n) is 4.37. The summed E-state index contributed by atoms with van der Waals surface area (Å²) < 4.78 is 0. The number of aromatic nitrogens is 2. The lowest BCUT2D eigenvalue weighted by Gasteiger charge is -2.19. The SMILES string of the molecule is CCCNC(Cc1nccs1)c1ccncc1C. The van der Waals surface area contributed by atoms with Crippen molar-refractivity contribution in [2.75, 3.05) is 6.54 Å². The number of pyridine rings is 1. The molecule has 4 heteroatoms. The Balaban J connectivity index is 2.16. The highest BCUT2D eigenvalue weighted by molar-refractivity contribution is 7.09. The molecule has 0 bridgehead atoms. The van der Waals surface area contributed by atoms with Gasteiger partial charge in [-0.25, -0.2) is 4.98 Å². The fourth-order valence-electron chi connectivity index (χ4n) is 2.01. The van der Waals surface area contributed by atoms with Gasteiger partial charge in [-0.1, -0.05) is 6.92 Å². The van der Waals surface area contributed by atoms with Crippen molar-refractivity contribution >= 4 is 11.3 Å². The normalized spacial score (nSPS) is 12.6. The lowest BCUT2D eigenvalue weighted by Crippen LogP contribution is -2.24. The Morgan fingerprint density at radius 1 is 1.39 bits per heavy atom. The molecule has 0 aliphatic rings. The van der Waals surface area contributed by atoms with Gasteiger partial charge in [-0.15, -0.1) is 11.3 Å². The molecule has 0 aliphatic carbocycles. The Morgan fingerprint density at radius 3 is 2.94 bits per heavy atom. The summed E-state index contributed by atoms with van der Waals surface area (Å²) >= 11 is 1.72. The Bertz CT molecular complexity index is 468. The molecule has 0 spiro atoms. The van der Waals surface area contributed by atoms with Crippen LogP contribution in [0.3, 0.4) is 0 Å². The molecular formula is C14H19N3S. The van der Waals surface area contributed by atoms with E-state index in [1.807, 2.05) is 24.0 Å². The van der Waals surface area contributed by atoms with E-state index in [1.54, 1.807) is 11.3 Å². The fraction of sp³-hybridized carbons (Fsp3) is 0.429. The number of hydrogen-bond acceptors (Lipinski definition) is 4. The van der Waals surface area contributed by atoms with Crippen molar-refractivity contribution in [2.45, 2.75) is 32.7 Å². The summed E-state index contributed by atoms with van der Waals surface area (Å²) in [6, 6.07) is 2.44. The number of hydrogen-bond donors (Lipinski definition) is 1. The Kier molecular flexibility index (Phi) is 4.84. The predicted octanol–water partition coefficient (Wildman–Crippen LogP) is 3.13. The van der Waals surface area contributed by atoms with Gasteiger partial charge in [0.05, 0.1) is 5.01 Å². The topological polar surface area (TPSA) is 37.8 Å². The molecular weight excluding hydrogens is 242 g/mol. The van der Waals surface area contributed by atoms with E-state index in [0.29, 0.717) is 6.04 Å². The van der Waals surface area contributed by atoms with Crippen LogP contribution in [0.5, 0.6) is 0 Å². The van der Waals surface area contributed by atoms with Crippen LogP contribution in [0.4, 0.5) is 0 Å². The molecule has 2 heterocycles. The van der Waals surface area contributed by atoms with Crippen LogP contribution in [-0.2, 0) is 6.42 Å². The Hall–Kier alpha value is -1.26. The van der Waals surface area contributed by atoms with E-state index in [0.717, 1.165) is 19.4 Å². The van der Waals surface area contributed by atoms with Gasteiger partial charge in [0.2, 0.25) is 0 Å². The van der Waals surface area contributed by atoms with Crippen LogP contribution in [-0.4, -0.2) is 16.5 Å². The summed E-state index contributed by atoms with van der Waals surface area (Å²) in [6.45, 7) is 5.33. The zero-order valence-electron chi connectivity index (χ0n) is 10.9. The highest BCUT2D eigenvalue weighted by atomic mass is 32.1. The Morgan fingerprint density at radius 2 is 2.28 bits per heavy atom. The minimum absolute atomic E-state index is 0.332. The molecule has 0 radical (unpaired) electrons. The molecule has 0 amide bonds. The molecule has 0 aliphatic heterocycles. The average molecular weight is 261 g/mol. The first kappa shape index (κ1) is 13.2. The summed E-state index contributed by atoms with van der Waals surface area (Å²) in [5.41, 5.74) is 2.57. The van der Waals surface area contributed by atoms with Crippen molar-refractivity contribution in [1.29, 1.82) is 0 Å². The highest BCUT2D eigenvalue weighted by Crippen LogP contribution is 2.22. The van der Waals surface area contributed by atoms with E-state index in [4.69, 9.17) is 0 Å². The van der Waals surface area contributed by atoms with Crippen molar-refractivity contribution in [3.05, 3.63) is 46.2 Å². The first-order valence-corrected chi connectivity index (χ1v) is 7.21. The monoisotopic (exact) mass is 261 g/mol. The van der Waals surface area contributed by atoms with Crippen LogP contribution >= 0.6 is 11.3 Å². The summed E-state index contributed by atoms with van der Waals surface area (Å²) in [6.07, 6.45) is 7.75. The van der Waals surface area contributed by atoms with Gasteiger partial charge in [0, 0.05) is 36.4 Å². The minimum Gasteiger partial charge on any atom is -0.310 e. The molecule has 18 heavy (non-hydrogen) atoms. The number of aryl methyl sites for hydroxylation is 1. The molecule has 1 unspecified atom stereocenters. The molecule has 0 saturated carbocycles. The van der Waals surface area contributed by atoms with E-state index >= 15 is 0 Å². The number of rotatable bonds is 6.